The molecule has 3 heteroatoms. The van der Waals surface area contributed by atoms with Crippen LogP contribution in [0.15, 0.2) is 30.5 Å². The Labute approximate surface area is 108 Å². The van der Waals surface area contributed by atoms with Crippen LogP contribution >= 0.6 is 0 Å². The van der Waals surface area contributed by atoms with E-state index in [2.05, 4.69) is 36.3 Å². The minimum absolute atomic E-state index is 0.0224. The predicted molar refractivity (Wildman–Crippen MR) is 74.4 cm³/mol. The highest BCUT2D eigenvalue weighted by molar-refractivity contribution is 5.84. The van der Waals surface area contributed by atoms with Crippen LogP contribution < -0.4 is 5.32 Å². The molecule has 2 N–H and O–H groups in total. The van der Waals surface area contributed by atoms with Crippen LogP contribution in [0.3, 0.4) is 0 Å². The van der Waals surface area contributed by atoms with Gasteiger partial charge in [0.25, 0.3) is 0 Å². The smallest absolute Gasteiger partial charge is 0.223 e. The lowest BCUT2D eigenvalue weighted by atomic mass is 9.88. The van der Waals surface area contributed by atoms with Crippen molar-refractivity contribution in [1.82, 2.24) is 10.3 Å². The molecule has 0 saturated carbocycles. The van der Waals surface area contributed by atoms with Gasteiger partial charge in [0.05, 0.1) is 0 Å². The molecule has 2 rings (SSSR count). The summed E-state index contributed by atoms with van der Waals surface area (Å²) < 4.78 is 0. The van der Waals surface area contributed by atoms with Crippen LogP contribution in [0, 0.1) is 11.8 Å². The van der Waals surface area contributed by atoms with E-state index in [4.69, 9.17) is 0 Å². The Morgan fingerprint density at radius 2 is 2.06 bits per heavy atom. The molecule has 1 amide bonds. The Bertz CT molecular complexity index is 542. The summed E-state index contributed by atoms with van der Waals surface area (Å²) in [5.74, 6) is 0.475. The number of amides is 1. The van der Waals surface area contributed by atoms with E-state index in [9.17, 15) is 4.79 Å². The lowest BCUT2D eigenvalue weighted by Crippen LogP contribution is -2.32. The van der Waals surface area contributed by atoms with Crippen LogP contribution in [0.2, 0.25) is 0 Å². The first-order valence-corrected chi connectivity index (χ1v) is 6.40. The highest BCUT2D eigenvalue weighted by atomic mass is 16.1. The van der Waals surface area contributed by atoms with Gasteiger partial charge >= 0.3 is 0 Å². The lowest BCUT2D eigenvalue weighted by molar-refractivity contribution is -0.125. The quantitative estimate of drug-likeness (QED) is 0.853. The second-order valence-corrected chi connectivity index (χ2v) is 5.03. The number of aromatic amines is 1. The topological polar surface area (TPSA) is 44.9 Å². The molecule has 0 aliphatic heterocycles. The van der Waals surface area contributed by atoms with Crippen molar-refractivity contribution in [2.75, 3.05) is 7.05 Å². The Hall–Kier alpha value is -1.77. The molecule has 0 unspecified atom stereocenters. The van der Waals surface area contributed by atoms with Crippen LogP contribution in [0.5, 0.6) is 0 Å². The van der Waals surface area contributed by atoms with Gasteiger partial charge in [-0.25, -0.2) is 0 Å². The molecule has 18 heavy (non-hydrogen) atoms. The first-order valence-electron chi connectivity index (χ1n) is 6.40. The largest absolute Gasteiger partial charge is 0.361 e. The third-order valence-corrected chi connectivity index (χ3v) is 3.50. The van der Waals surface area contributed by atoms with E-state index in [0.29, 0.717) is 5.92 Å². The monoisotopic (exact) mass is 244 g/mol. The maximum Gasteiger partial charge on any atom is 0.223 e. The maximum atomic E-state index is 11.9. The molecule has 0 saturated heterocycles. The number of para-hydroxylation sites is 1. The van der Waals surface area contributed by atoms with Gasteiger partial charge in [0.15, 0.2) is 0 Å². The first-order chi connectivity index (χ1) is 8.63. The molecular formula is C15H20N2O. The fourth-order valence-electron chi connectivity index (χ4n) is 2.35. The van der Waals surface area contributed by atoms with E-state index < -0.39 is 0 Å². The lowest BCUT2D eigenvalue weighted by Gasteiger charge is -2.18. The van der Waals surface area contributed by atoms with Crippen LogP contribution in [-0.2, 0) is 11.2 Å². The molecule has 0 fully saturated rings. The molecule has 1 aromatic carbocycles. The SMILES string of the molecule is CNC(=O)[C@H](Cc1c[nH]c2ccccc12)C(C)C. The van der Waals surface area contributed by atoms with Crippen molar-refractivity contribution in [3.05, 3.63) is 36.0 Å². The zero-order valence-electron chi connectivity index (χ0n) is 11.2. The van der Waals surface area contributed by atoms with Gasteiger partial charge in [-0.05, 0) is 24.0 Å². The van der Waals surface area contributed by atoms with Gasteiger partial charge in [0.2, 0.25) is 5.91 Å². The molecular weight excluding hydrogens is 224 g/mol. The Morgan fingerprint density at radius 1 is 1.33 bits per heavy atom. The number of benzene rings is 1. The van der Waals surface area contributed by atoms with Crippen molar-refractivity contribution in [2.45, 2.75) is 20.3 Å². The summed E-state index contributed by atoms with van der Waals surface area (Å²) >= 11 is 0. The van der Waals surface area contributed by atoms with Gasteiger partial charge in [-0.3, -0.25) is 4.79 Å². The highest BCUT2D eigenvalue weighted by Crippen LogP contribution is 2.24. The number of rotatable bonds is 4. The summed E-state index contributed by atoms with van der Waals surface area (Å²) in [6, 6.07) is 8.21. The minimum Gasteiger partial charge on any atom is -0.361 e. The van der Waals surface area contributed by atoms with Gasteiger partial charge < -0.3 is 10.3 Å². The summed E-state index contributed by atoms with van der Waals surface area (Å²) in [6.07, 6.45) is 2.80. The second kappa shape index (κ2) is 5.25. The van der Waals surface area contributed by atoms with E-state index in [1.165, 1.54) is 10.9 Å². The van der Waals surface area contributed by atoms with E-state index in [0.717, 1.165) is 11.9 Å². The number of nitrogens with one attached hydrogen (secondary N) is 2. The summed E-state index contributed by atoms with van der Waals surface area (Å²) in [6.45, 7) is 4.18. The van der Waals surface area contributed by atoms with Crippen molar-refractivity contribution in [1.29, 1.82) is 0 Å². The number of carbonyl (C=O) groups is 1. The van der Waals surface area contributed by atoms with Crippen LogP contribution in [0.25, 0.3) is 10.9 Å². The Balaban J connectivity index is 2.29. The van der Waals surface area contributed by atoms with Gasteiger partial charge in [0.1, 0.15) is 0 Å². The average Bonchev–Trinajstić information content (AvgIpc) is 2.78. The molecule has 1 aromatic heterocycles. The van der Waals surface area contributed by atoms with E-state index >= 15 is 0 Å². The number of hydrogen-bond acceptors (Lipinski definition) is 1. The second-order valence-electron chi connectivity index (χ2n) is 5.03. The van der Waals surface area contributed by atoms with Gasteiger partial charge in [-0.1, -0.05) is 32.0 Å². The van der Waals surface area contributed by atoms with Crippen LogP contribution in [-0.4, -0.2) is 17.9 Å². The molecule has 2 aromatic rings. The molecule has 0 radical (unpaired) electrons. The van der Waals surface area contributed by atoms with E-state index in [1.807, 2.05) is 18.3 Å². The van der Waals surface area contributed by atoms with Gasteiger partial charge in [-0.15, -0.1) is 0 Å². The van der Waals surface area contributed by atoms with Crippen LogP contribution in [0.1, 0.15) is 19.4 Å². The van der Waals surface area contributed by atoms with Crippen LogP contribution in [0.4, 0.5) is 0 Å². The molecule has 0 spiro atoms. The fraction of sp³-hybridized carbons (Fsp3) is 0.400. The zero-order valence-corrected chi connectivity index (χ0v) is 11.2. The summed E-state index contributed by atoms with van der Waals surface area (Å²) in [4.78, 5) is 15.2. The van der Waals surface area contributed by atoms with Crippen molar-refractivity contribution in [3.63, 3.8) is 0 Å². The minimum atomic E-state index is 0.0224. The number of carbonyl (C=O) groups excluding carboxylic acids is 1. The predicted octanol–water partition coefficient (Wildman–Crippen LogP) is 2.73. The molecule has 3 nitrogen and oxygen atoms in total. The first kappa shape index (κ1) is 12.7. The van der Waals surface area contributed by atoms with Gasteiger partial charge in [-0.2, -0.15) is 0 Å². The zero-order chi connectivity index (χ0) is 13.1. The average molecular weight is 244 g/mol. The number of fused-ring (bicyclic) bond motifs is 1. The molecule has 96 valence electrons. The number of aromatic nitrogens is 1. The van der Waals surface area contributed by atoms with Crippen molar-refractivity contribution in [2.24, 2.45) is 11.8 Å². The normalized spacial score (nSPS) is 12.9. The maximum absolute atomic E-state index is 11.9. The highest BCUT2D eigenvalue weighted by Gasteiger charge is 2.22. The molecule has 1 heterocycles. The summed E-state index contributed by atoms with van der Waals surface area (Å²) in [5.41, 5.74) is 2.35. The third-order valence-electron chi connectivity index (χ3n) is 3.50. The standard InChI is InChI=1S/C15H20N2O/c1-10(2)13(15(18)16-3)8-11-9-17-14-7-5-4-6-12(11)14/h4-7,9-10,13,17H,8H2,1-3H3,(H,16,18)/t13-/m1/s1. The molecule has 1 atom stereocenters. The number of hydrogen-bond donors (Lipinski definition) is 2. The molecule has 0 bridgehead atoms. The van der Waals surface area contributed by atoms with Gasteiger partial charge in [0, 0.05) is 30.1 Å². The summed E-state index contributed by atoms with van der Waals surface area (Å²) in [7, 11) is 1.70. The van der Waals surface area contributed by atoms with E-state index in [-0.39, 0.29) is 11.8 Å². The third kappa shape index (κ3) is 2.40. The summed E-state index contributed by atoms with van der Waals surface area (Å²) in [5, 5.41) is 3.97. The Morgan fingerprint density at radius 3 is 2.72 bits per heavy atom. The van der Waals surface area contributed by atoms with E-state index in [1.54, 1.807) is 7.05 Å². The van der Waals surface area contributed by atoms with Crippen molar-refractivity contribution < 1.29 is 4.79 Å². The number of H-pyrrole nitrogens is 1. The Kier molecular flexibility index (Phi) is 3.70. The molecule has 0 aliphatic rings. The molecule has 0 aliphatic carbocycles. The van der Waals surface area contributed by atoms with Crippen molar-refractivity contribution in [3.8, 4) is 0 Å². The fourth-order valence-corrected chi connectivity index (χ4v) is 2.35. The van der Waals surface area contributed by atoms with Crippen molar-refractivity contribution >= 4 is 16.8 Å².